The van der Waals surface area contributed by atoms with Crippen LogP contribution < -0.4 is 10.6 Å². The fraction of sp³-hybridized carbons (Fsp3) is 0.294. The molecular weight excluding hydrogens is 287 g/mol. The molecule has 0 spiro atoms. The summed E-state index contributed by atoms with van der Waals surface area (Å²) in [6, 6.07) is 11.0. The molecule has 0 aliphatic heterocycles. The summed E-state index contributed by atoms with van der Waals surface area (Å²) < 4.78 is 13.7. The molecule has 2 aromatic carbocycles. The van der Waals surface area contributed by atoms with Gasteiger partial charge in [-0.05, 0) is 43.2 Å². The molecule has 2 N–H and O–H groups in total. The first-order valence-corrected chi connectivity index (χ1v) is 7.27. The van der Waals surface area contributed by atoms with E-state index in [0.717, 1.165) is 11.3 Å². The van der Waals surface area contributed by atoms with E-state index in [1.165, 1.54) is 17.2 Å². The lowest BCUT2D eigenvalue weighted by molar-refractivity contribution is 0.615. The van der Waals surface area contributed by atoms with Gasteiger partial charge >= 0.3 is 0 Å². The molecule has 0 amide bonds. The summed E-state index contributed by atoms with van der Waals surface area (Å²) in [5.41, 5.74) is 10.2. The second-order valence-electron chi connectivity index (χ2n) is 5.33. The summed E-state index contributed by atoms with van der Waals surface area (Å²) in [6.07, 6.45) is 0. The number of aryl methyl sites for hydroxylation is 2. The molecule has 2 aromatic rings. The molecule has 2 nitrogen and oxygen atoms in total. The molecule has 0 aromatic heterocycles. The number of likely N-dealkylation sites (N-methyl/N-ethyl adjacent to an activating group) is 1. The molecule has 0 fully saturated rings. The Morgan fingerprint density at radius 2 is 1.90 bits per heavy atom. The third-order valence-electron chi connectivity index (χ3n) is 3.75. The molecule has 0 radical (unpaired) electrons. The summed E-state index contributed by atoms with van der Waals surface area (Å²) in [5.74, 6) is -0.415. The number of hydrogen-bond acceptors (Lipinski definition) is 2. The van der Waals surface area contributed by atoms with Crippen molar-refractivity contribution >= 4 is 17.3 Å². The van der Waals surface area contributed by atoms with Crippen LogP contribution in [0.1, 0.15) is 22.7 Å². The van der Waals surface area contributed by atoms with Crippen molar-refractivity contribution in [1.29, 1.82) is 0 Å². The van der Waals surface area contributed by atoms with Crippen molar-refractivity contribution in [3.8, 4) is 0 Å². The van der Waals surface area contributed by atoms with Crippen LogP contribution in [0.25, 0.3) is 0 Å². The number of hydrogen-bond donors (Lipinski definition) is 1. The van der Waals surface area contributed by atoms with Gasteiger partial charge in [0, 0.05) is 19.3 Å². The van der Waals surface area contributed by atoms with Crippen molar-refractivity contribution in [1.82, 2.24) is 0 Å². The van der Waals surface area contributed by atoms with Crippen LogP contribution in [0.2, 0.25) is 5.02 Å². The van der Waals surface area contributed by atoms with Crippen LogP contribution in [-0.2, 0) is 0 Å². The summed E-state index contributed by atoms with van der Waals surface area (Å²) in [6.45, 7) is 4.52. The Morgan fingerprint density at radius 1 is 1.19 bits per heavy atom. The maximum Gasteiger partial charge on any atom is 0.142 e. The SMILES string of the molecule is Cc1ccc(N(C)C(CN)c2ccc(Cl)c(F)c2)c(C)c1. The number of anilines is 1. The molecule has 0 bridgehead atoms. The first kappa shape index (κ1) is 15.8. The van der Waals surface area contributed by atoms with E-state index in [1.54, 1.807) is 6.07 Å². The Labute approximate surface area is 130 Å². The predicted octanol–water partition coefficient (Wildman–Crippen LogP) is 4.23. The zero-order chi connectivity index (χ0) is 15.6. The van der Waals surface area contributed by atoms with E-state index in [-0.39, 0.29) is 11.1 Å². The van der Waals surface area contributed by atoms with Crippen LogP contribution in [0.15, 0.2) is 36.4 Å². The standard InChI is InChI=1S/C17H20ClFN2/c1-11-4-7-16(12(2)8-11)21(3)17(10-20)13-5-6-14(18)15(19)9-13/h4-9,17H,10,20H2,1-3H3. The normalized spacial score (nSPS) is 12.3. The lowest BCUT2D eigenvalue weighted by Crippen LogP contribution is -2.31. The highest BCUT2D eigenvalue weighted by Gasteiger charge is 2.18. The Morgan fingerprint density at radius 3 is 2.48 bits per heavy atom. The number of benzene rings is 2. The highest BCUT2D eigenvalue weighted by molar-refractivity contribution is 6.30. The number of nitrogens with zero attached hydrogens (tertiary/aromatic N) is 1. The van der Waals surface area contributed by atoms with Gasteiger partial charge in [0.1, 0.15) is 5.82 Å². The van der Waals surface area contributed by atoms with E-state index in [4.69, 9.17) is 17.3 Å². The second kappa shape index (κ2) is 6.46. The summed E-state index contributed by atoms with van der Waals surface area (Å²) in [5, 5.41) is 0.128. The molecular formula is C17H20ClFN2. The molecule has 0 saturated heterocycles. The Balaban J connectivity index is 2.37. The van der Waals surface area contributed by atoms with E-state index in [0.29, 0.717) is 6.54 Å². The zero-order valence-electron chi connectivity index (χ0n) is 12.5. The molecule has 0 aliphatic rings. The van der Waals surface area contributed by atoms with Gasteiger partial charge in [-0.1, -0.05) is 35.4 Å². The molecule has 2 rings (SSSR count). The first-order chi connectivity index (χ1) is 9.93. The molecule has 0 heterocycles. The number of nitrogens with two attached hydrogens (primary N) is 1. The smallest absolute Gasteiger partial charge is 0.142 e. The van der Waals surface area contributed by atoms with Crippen molar-refractivity contribution in [2.24, 2.45) is 5.73 Å². The molecule has 4 heteroatoms. The second-order valence-corrected chi connectivity index (χ2v) is 5.73. The molecule has 21 heavy (non-hydrogen) atoms. The summed E-state index contributed by atoms with van der Waals surface area (Å²) >= 11 is 5.75. The van der Waals surface area contributed by atoms with Gasteiger partial charge in [0.15, 0.2) is 0 Å². The van der Waals surface area contributed by atoms with Crippen molar-refractivity contribution in [2.75, 3.05) is 18.5 Å². The Bertz CT molecular complexity index is 643. The minimum atomic E-state index is -0.415. The topological polar surface area (TPSA) is 29.3 Å². The number of rotatable bonds is 4. The fourth-order valence-electron chi connectivity index (χ4n) is 2.61. The third-order valence-corrected chi connectivity index (χ3v) is 4.06. The lowest BCUT2D eigenvalue weighted by atomic mass is 10.0. The summed E-state index contributed by atoms with van der Waals surface area (Å²) in [7, 11) is 1.97. The van der Waals surface area contributed by atoms with E-state index >= 15 is 0 Å². The molecule has 1 atom stereocenters. The summed E-state index contributed by atoms with van der Waals surface area (Å²) in [4.78, 5) is 2.08. The van der Waals surface area contributed by atoms with Gasteiger partial charge < -0.3 is 10.6 Å². The lowest BCUT2D eigenvalue weighted by Gasteiger charge is -2.31. The van der Waals surface area contributed by atoms with Gasteiger partial charge in [0.05, 0.1) is 11.1 Å². The Hall–Kier alpha value is -1.58. The van der Waals surface area contributed by atoms with Crippen molar-refractivity contribution in [2.45, 2.75) is 19.9 Å². The first-order valence-electron chi connectivity index (χ1n) is 6.89. The van der Waals surface area contributed by atoms with Gasteiger partial charge in [0.2, 0.25) is 0 Å². The minimum Gasteiger partial charge on any atom is -0.366 e. The van der Waals surface area contributed by atoms with E-state index in [9.17, 15) is 4.39 Å². The quantitative estimate of drug-likeness (QED) is 0.916. The fourth-order valence-corrected chi connectivity index (χ4v) is 2.72. The Kier molecular flexibility index (Phi) is 4.86. The maximum absolute atomic E-state index is 13.7. The molecule has 1 unspecified atom stereocenters. The monoisotopic (exact) mass is 306 g/mol. The van der Waals surface area contributed by atoms with Crippen LogP contribution >= 0.6 is 11.6 Å². The maximum atomic E-state index is 13.7. The zero-order valence-corrected chi connectivity index (χ0v) is 13.3. The molecule has 0 aliphatic carbocycles. The van der Waals surface area contributed by atoms with Crippen LogP contribution in [0.3, 0.4) is 0 Å². The van der Waals surface area contributed by atoms with Crippen molar-refractivity contribution in [3.05, 3.63) is 63.9 Å². The largest absolute Gasteiger partial charge is 0.366 e. The minimum absolute atomic E-state index is 0.0989. The van der Waals surface area contributed by atoms with Crippen LogP contribution in [0, 0.1) is 19.7 Å². The van der Waals surface area contributed by atoms with Crippen LogP contribution in [-0.4, -0.2) is 13.6 Å². The highest BCUT2D eigenvalue weighted by Crippen LogP contribution is 2.29. The third kappa shape index (κ3) is 3.36. The molecule has 112 valence electrons. The van der Waals surface area contributed by atoms with Crippen molar-refractivity contribution < 1.29 is 4.39 Å². The highest BCUT2D eigenvalue weighted by atomic mass is 35.5. The van der Waals surface area contributed by atoms with E-state index < -0.39 is 5.82 Å². The van der Waals surface area contributed by atoms with Gasteiger partial charge in [-0.15, -0.1) is 0 Å². The average Bonchev–Trinajstić information content (AvgIpc) is 2.43. The van der Waals surface area contributed by atoms with Crippen LogP contribution in [0.5, 0.6) is 0 Å². The van der Waals surface area contributed by atoms with E-state index in [1.807, 2.05) is 13.1 Å². The van der Waals surface area contributed by atoms with Gasteiger partial charge in [-0.25, -0.2) is 4.39 Å². The van der Waals surface area contributed by atoms with Gasteiger partial charge in [0.25, 0.3) is 0 Å². The average molecular weight is 307 g/mol. The van der Waals surface area contributed by atoms with E-state index in [2.05, 4.69) is 36.9 Å². The predicted molar refractivity (Wildman–Crippen MR) is 87.5 cm³/mol. The molecule has 0 saturated carbocycles. The van der Waals surface area contributed by atoms with Crippen molar-refractivity contribution in [3.63, 3.8) is 0 Å². The number of halogens is 2. The van der Waals surface area contributed by atoms with Crippen LogP contribution in [0.4, 0.5) is 10.1 Å². The van der Waals surface area contributed by atoms with Gasteiger partial charge in [-0.3, -0.25) is 0 Å². The van der Waals surface area contributed by atoms with Gasteiger partial charge in [-0.2, -0.15) is 0 Å².